The molecule has 1 heterocycles. The molecule has 1 saturated carbocycles. The average Bonchev–Trinajstić information content (AvgIpc) is 3.02. The van der Waals surface area contributed by atoms with Crippen molar-refractivity contribution in [2.24, 2.45) is 0 Å². The largest absolute Gasteiger partial charge is 0.345 e. The minimum Gasteiger partial charge on any atom is -0.345 e. The van der Waals surface area contributed by atoms with Gasteiger partial charge in [-0.05, 0) is 19.3 Å². The molecule has 1 aliphatic rings. The number of rotatable bonds is 7. The zero-order valence-corrected chi connectivity index (χ0v) is 11.9. The Morgan fingerprint density at radius 1 is 1.53 bits per heavy atom. The summed E-state index contributed by atoms with van der Waals surface area (Å²) in [6.07, 6.45) is 5.92. The third-order valence-corrected chi connectivity index (χ3v) is 3.96. The fourth-order valence-corrected chi connectivity index (χ4v) is 2.84. The molecule has 2 rings (SSSR count). The summed E-state index contributed by atoms with van der Waals surface area (Å²) in [7, 11) is 0. The second kappa shape index (κ2) is 5.83. The van der Waals surface area contributed by atoms with Crippen molar-refractivity contribution in [1.29, 1.82) is 0 Å². The summed E-state index contributed by atoms with van der Waals surface area (Å²) in [5, 5.41) is 4.66. The van der Waals surface area contributed by atoms with Crippen LogP contribution in [-0.4, -0.2) is 23.6 Å². The van der Waals surface area contributed by atoms with Crippen molar-refractivity contribution in [3.8, 4) is 0 Å². The van der Waals surface area contributed by atoms with Crippen molar-refractivity contribution in [2.45, 2.75) is 58.7 Å². The van der Waals surface area contributed by atoms with Crippen molar-refractivity contribution in [2.75, 3.05) is 11.4 Å². The highest BCUT2D eigenvalue weighted by Crippen LogP contribution is 2.34. The number of anilines is 1. The van der Waals surface area contributed by atoms with Gasteiger partial charge in [-0.25, -0.2) is 4.98 Å². The smallest absolute Gasteiger partial charge is 0.185 e. The van der Waals surface area contributed by atoms with E-state index < -0.39 is 0 Å². The van der Waals surface area contributed by atoms with Gasteiger partial charge in [-0.1, -0.05) is 20.8 Å². The summed E-state index contributed by atoms with van der Waals surface area (Å²) in [4.78, 5) is 8.41. The maximum absolute atomic E-state index is 4.58. The summed E-state index contributed by atoms with van der Waals surface area (Å²) in [5.41, 5.74) is 0. The summed E-state index contributed by atoms with van der Waals surface area (Å²) in [5.74, 6) is 0. The lowest BCUT2D eigenvalue weighted by Crippen LogP contribution is -2.26. The molecule has 0 amide bonds. The normalized spacial score (nSPS) is 15.5. The number of hydrogen-bond acceptors (Lipinski definition) is 4. The van der Waals surface area contributed by atoms with Gasteiger partial charge < -0.3 is 10.2 Å². The Hall–Kier alpha value is -0.610. The lowest BCUT2D eigenvalue weighted by molar-refractivity contribution is 0.593. The van der Waals surface area contributed by atoms with Gasteiger partial charge in [0.15, 0.2) is 5.13 Å². The molecule has 1 N–H and O–H groups in total. The first-order valence-electron chi connectivity index (χ1n) is 6.65. The topological polar surface area (TPSA) is 28.2 Å². The standard InChI is InChI=1S/C13H23N3S/c1-4-7-16(11-5-6-11)13-15-9-12(17-13)8-14-10(2)3/h9-11,14H,4-8H2,1-3H3. The minimum atomic E-state index is 0.538. The van der Waals surface area contributed by atoms with E-state index in [1.165, 1.54) is 29.3 Å². The van der Waals surface area contributed by atoms with E-state index in [1.807, 2.05) is 17.5 Å². The second-order valence-corrected chi connectivity index (χ2v) is 6.16. The van der Waals surface area contributed by atoms with Crippen molar-refractivity contribution in [3.63, 3.8) is 0 Å². The lowest BCUT2D eigenvalue weighted by Gasteiger charge is -2.20. The molecule has 0 aliphatic heterocycles. The molecular weight excluding hydrogens is 230 g/mol. The number of nitrogens with zero attached hydrogens (tertiary/aromatic N) is 2. The molecule has 0 spiro atoms. The highest BCUT2D eigenvalue weighted by Gasteiger charge is 2.30. The van der Waals surface area contributed by atoms with E-state index in [1.54, 1.807) is 0 Å². The Labute approximate surface area is 108 Å². The first-order valence-corrected chi connectivity index (χ1v) is 7.47. The van der Waals surface area contributed by atoms with Gasteiger partial charge in [0.2, 0.25) is 0 Å². The second-order valence-electron chi connectivity index (χ2n) is 5.07. The van der Waals surface area contributed by atoms with E-state index in [0.29, 0.717) is 6.04 Å². The van der Waals surface area contributed by atoms with Crippen LogP contribution in [0.15, 0.2) is 6.20 Å². The van der Waals surface area contributed by atoms with Crippen LogP contribution in [0.2, 0.25) is 0 Å². The van der Waals surface area contributed by atoms with Gasteiger partial charge in [0, 0.05) is 36.2 Å². The molecule has 1 aromatic rings. The Kier molecular flexibility index (Phi) is 4.40. The zero-order valence-electron chi connectivity index (χ0n) is 11.1. The van der Waals surface area contributed by atoms with Gasteiger partial charge in [-0.3, -0.25) is 0 Å². The van der Waals surface area contributed by atoms with Crippen LogP contribution in [0.4, 0.5) is 5.13 Å². The van der Waals surface area contributed by atoms with E-state index >= 15 is 0 Å². The minimum absolute atomic E-state index is 0.538. The van der Waals surface area contributed by atoms with E-state index in [0.717, 1.165) is 19.1 Å². The quantitative estimate of drug-likeness (QED) is 0.809. The number of hydrogen-bond donors (Lipinski definition) is 1. The molecule has 1 aliphatic carbocycles. The Bertz CT molecular complexity index is 344. The molecular formula is C13H23N3S. The highest BCUT2D eigenvalue weighted by molar-refractivity contribution is 7.15. The van der Waals surface area contributed by atoms with Gasteiger partial charge in [0.05, 0.1) is 0 Å². The van der Waals surface area contributed by atoms with Gasteiger partial charge in [0.25, 0.3) is 0 Å². The van der Waals surface area contributed by atoms with Crippen molar-refractivity contribution in [1.82, 2.24) is 10.3 Å². The van der Waals surface area contributed by atoms with Crippen LogP contribution in [0.3, 0.4) is 0 Å². The molecule has 4 heteroatoms. The molecule has 96 valence electrons. The van der Waals surface area contributed by atoms with Crippen molar-refractivity contribution in [3.05, 3.63) is 11.1 Å². The van der Waals surface area contributed by atoms with Crippen LogP contribution in [-0.2, 0) is 6.54 Å². The summed E-state index contributed by atoms with van der Waals surface area (Å²) >= 11 is 1.84. The van der Waals surface area contributed by atoms with E-state index in [2.05, 4.69) is 36.0 Å². The van der Waals surface area contributed by atoms with Gasteiger partial charge >= 0.3 is 0 Å². The number of aromatic nitrogens is 1. The van der Waals surface area contributed by atoms with Crippen LogP contribution >= 0.6 is 11.3 Å². The zero-order chi connectivity index (χ0) is 12.3. The molecule has 1 fully saturated rings. The molecule has 0 aromatic carbocycles. The predicted octanol–water partition coefficient (Wildman–Crippen LogP) is 3.02. The molecule has 17 heavy (non-hydrogen) atoms. The van der Waals surface area contributed by atoms with Crippen molar-refractivity contribution >= 4 is 16.5 Å². The summed E-state index contributed by atoms with van der Waals surface area (Å²) in [6, 6.07) is 1.31. The summed E-state index contributed by atoms with van der Waals surface area (Å²) in [6.45, 7) is 8.68. The predicted molar refractivity (Wildman–Crippen MR) is 74.7 cm³/mol. The maximum atomic E-state index is 4.58. The Morgan fingerprint density at radius 3 is 2.88 bits per heavy atom. The SMILES string of the molecule is CCCN(c1ncc(CNC(C)C)s1)C1CC1. The molecule has 0 saturated heterocycles. The third kappa shape index (κ3) is 3.68. The van der Waals surface area contributed by atoms with E-state index in [-0.39, 0.29) is 0 Å². The maximum Gasteiger partial charge on any atom is 0.185 e. The molecule has 0 atom stereocenters. The average molecular weight is 253 g/mol. The summed E-state index contributed by atoms with van der Waals surface area (Å²) < 4.78 is 0. The first kappa shape index (κ1) is 12.8. The lowest BCUT2D eigenvalue weighted by atomic mass is 10.4. The molecule has 3 nitrogen and oxygen atoms in total. The molecule has 0 unspecified atom stereocenters. The van der Waals surface area contributed by atoms with Gasteiger partial charge in [0.1, 0.15) is 0 Å². The molecule has 1 aromatic heterocycles. The first-order chi connectivity index (χ1) is 8.20. The fraction of sp³-hybridized carbons (Fsp3) is 0.769. The van der Waals surface area contributed by atoms with Gasteiger partial charge in [-0.15, -0.1) is 11.3 Å². The van der Waals surface area contributed by atoms with Crippen molar-refractivity contribution < 1.29 is 0 Å². The molecule has 0 radical (unpaired) electrons. The van der Waals surface area contributed by atoms with E-state index in [4.69, 9.17) is 0 Å². The Balaban J connectivity index is 1.95. The third-order valence-electron chi connectivity index (χ3n) is 2.92. The van der Waals surface area contributed by atoms with Crippen LogP contribution in [0, 0.1) is 0 Å². The van der Waals surface area contributed by atoms with Crippen LogP contribution in [0.1, 0.15) is 44.9 Å². The van der Waals surface area contributed by atoms with Crippen LogP contribution < -0.4 is 10.2 Å². The highest BCUT2D eigenvalue weighted by atomic mass is 32.1. The number of nitrogens with one attached hydrogen (secondary N) is 1. The Morgan fingerprint density at radius 2 is 2.29 bits per heavy atom. The van der Waals surface area contributed by atoms with Crippen LogP contribution in [0.5, 0.6) is 0 Å². The molecule has 0 bridgehead atoms. The fourth-order valence-electron chi connectivity index (χ4n) is 1.88. The van der Waals surface area contributed by atoms with Crippen LogP contribution in [0.25, 0.3) is 0 Å². The van der Waals surface area contributed by atoms with Gasteiger partial charge in [-0.2, -0.15) is 0 Å². The number of thiazole rings is 1. The monoisotopic (exact) mass is 253 g/mol. The van der Waals surface area contributed by atoms with E-state index in [9.17, 15) is 0 Å².